The van der Waals surface area contributed by atoms with Gasteiger partial charge in [0, 0.05) is 18.7 Å². The van der Waals surface area contributed by atoms with E-state index in [1.165, 1.54) is 16.3 Å². The number of carbonyl (C=O) groups excluding carboxylic acids is 1. The number of nitrogens with zero attached hydrogens (tertiary/aromatic N) is 3. The largest absolute Gasteiger partial charge is 0.756 e. The summed E-state index contributed by atoms with van der Waals surface area (Å²) in [5.41, 5.74) is 6.24. The number of H-pyrrole nitrogens is 1. The lowest BCUT2D eigenvalue weighted by Crippen LogP contribution is -2.41. The van der Waals surface area contributed by atoms with E-state index in [1.807, 2.05) is 30.3 Å². The van der Waals surface area contributed by atoms with E-state index in [9.17, 15) is 24.2 Å². The third-order valence-corrected chi connectivity index (χ3v) is 8.12. The number of aromatic nitrogens is 4. The third kappa shape index (κ3) is 5.78. The Morgan fingerprint density at radius 3 is 2.89 bits per heavy atom. The maximum Gasteiger partial charge on any atom is 0.280 e. The average Bonchev–Trinajstić information content (AvgIpc) is 3.39. The lowest BCUT2D eigenvalue weighted by molar-refractivity contribution is -0.245. The fourth-order valence-corrected chi connectivity index (χ4v) is 6.25. The van der Waals surface area contributed by atoms with E-state index in [2.05, 4.69) is 20.3 Å². The molecule has 2 aliphatic rings. The second-order valence-corrected chi connectivity index (χ2v) is 11.2. The number of rotatable bonds is 9. The number of nitrogens with one attached hydrogen (secondary N) is 2. The number of benzene rings is 1. The van der Waals surface area contributed by atoms with Crippen LogP contribution in [0.1, 0.15) is 31.1 Å². The summed E-state index contributed by atoms with van der Waals surface area (Å²) in [6.07, 6.45) is -3.00. The van der Waals surface area contributed by atoms with Gasteiger partial charge in [-0.15, -0.1) is 0 Å². The van der Waals surface area contributed by atoms with Crippen LogP contribution in [0.15, 0.2) is 40.3 Å². The Bertz CT molecular complexity index is 1420. The standard InChI is InChI=1S/C22H27N6O8PS/c23-21-26-18-15(19(31)27-21)25-22(28(18)20-16(30)17-13(35-20)11-34-37(32,33)36-17)38-9-5-4-8-14(29)24-10-12-6-2-1-3-7-12/h1-3,6-7,13,16-17,20,30H,4-5,8-11H2,(H,24,29)(H,32,33)(H3,23,26,27,31)/p-1/t13?,16?,17-,20-/m1/s1. The Balaban J connectivity index is 1.25. The smallest absolute Gasteiger partial charge is 0.280 e. The summed E-state index contributed by atoms with van der Waals surface area (Å²) in [4.78, 5) is 47.3. The maximum atomic E-state index is 12.5. The molecule has 1 aromatic carbocycles. The second kappa shape index (κ2) is 11.1. The number of phosphoric acid groups is 1. The first-order valence-electron chi connectivity index (χ1n) is 11.9. The first kappa shape index (κ1) is 26.8. The highest BCUT2D eigenvalue weighted by molar-refractivity contribution is 7.99. The maximum absolute atomic E-state index is 12.5. The highest BCUT2D eigenvalue weighted by atomic mass is 32.2. The summed E-state index contributed by atoms with van der Waals surface area (Å²) >= 11 is 1.28. The van der Waals surface area contributed by atoms with Crippen molar-refractivity contribution < 1.29 is 33.1 Å². The predicted molar refractivity (Wildman–Crippen MR) is 134 cm³/mol. The molecule has 3 unspecified atom stereocenters. The average molecular weight is 566 g/mol. The molecule has 38 heavy (non-hydrogen) atoms. The first-order chi connectivity index (χ1) is 18.2. The summed E-state index contributed by atoms with van der Waals surface area (Å²) in [5.74, 6) is 0.323. The second-order valence-electron chi connectivity index (χ2n) is 8.82. The normalized spacial score (nSPS) is 26.9. The van der Waals surface area contributed by atoms with Crippen LogP contribution in [-0.4, -0.2) is 61.2 Å². The molecule has 3 aromatic rings. The summed E-state index contributed by atoms with van der Waals surface area (Å²) in [5, 5.41) is 14.1. The number of thioether (sulfide) groups is 1. The van der Waals surface area contributed by atoms with Crippen molar-refractivity contribution in [1.29, 1.82) is 0 Å². The number of hydrogen-bond acceptors (Lipinski definition) is 12. The van der Waals surface area contributed by atoms with Crippen molar-refractivity contribution in [2.24, 2.45) is 0 Å². The number of nitrogens with two attached hydrogens (primary N) is 1. The van der Waals surface area contributed by atoms with Gasteiger partial charge in [-0.2, -0.15) is 4.98 Å². The van der Waals surface area contributed by atoms with Crippen molar-refractivity contribution in [2.45, 2.75) is 55.5 Å². The van der Waals surface area contributed by atoms with Gasteiger partial charge >= 0.3 is 0 Å². The quantitative estimate of drug-likeness (QED) is 0.158. The van der Waals surface area contributed by atoms with Gasteiger partial charge in [-0.3, -0.25) is 23.7 Å². The molecule has 0 spiro atoms. The van der Waals surface area contributed by atoms with Gasteiger partial charge in [0.05, 0.1) is 6.61 Å². The van der Waals surface area contributed by atoms with Crippen molar-refractivity contribution in [2.75, 3.05) is 18.1 Å². The Morgan fingerprint density at radius 1 is 1.32 bits per heavy atom. The van der Waals surface area contributed by atoms with E-state index < -0.39 is 37.9 Å². The van der Waals surface area contributed by atoms with Crippen LogP contribution in [0.3, 0.4) is 0 Å². The van der Waals surface area contributed by atoms with Gasteiger partial charge in [0.2, 0.25) is 11.9 Å². The van der Waals surface area contributed by atoms with Crippen LogP contribution in [-0.2, 0) is 29.7 Å². The van der Waals surface area contributed by atoms with E-state index in [0.29, 0.717) is 36.7 Å². The molecule has 0 bridgehead atoms. The number of anilines is 1. The molecule has 0 radical (unpaired) electrons. The summed E-state index contributed by atoms with van der Waals surface area (Å²) in [6.45, 7) is 0.141. The fraction of sp³-hybridized carbons (Fsp3) is 0.455. The fourth-order valence-electron chi connectivity index (χ4n) is 4.29. The lowest BCUT2D eigenvalue weighted by Gasteiger charge is -2.34. The van der Waals surface area contributed by atoms with Gasteiger partial charge in [0.15, 0.2) is 22.5 Å². The number of aromatic amines is 1. The highest BCUT2D eigenvalue weighted by Crippen LogP contribution is 2.50. The molecule has 0 saturated carbocycles. The van der Waals surface area contributed by atoms with E-state index in [0.717, 1.165) is 5.56 Å². The number of unbranched alkanes of at least 4 members (excludes halogenated alkanes) is 1. The lowest BCUT2D eigenvalue weighted by atomic mass is 10.1. The molecular formula is C22H26N6O8PS-. The summed E-state index contributed by atoms with van der Waals surface area (Å²) < 4.78 is 28.7. The van der Waals surface area contributed by atoms with Crippen LogP contribution in [0, 0.1) is 0 Å². The zero-order valence-electron chi connectivity index (χ0n) is 20.0. The topological polar surface area (TPSA) is 207 Å². The first-order valence-corrected chi connectivity index (χ1v) is 14.3. The molecule has 204 valence electrons. The van der Waals surface area contributed by atoms with Crippen molar-refractivity contribution in [1.82, 2.24) is 24.8 Å². The molecule has 5 atom stereocenters. The molecule has 2 saturated heterocycles. The van der Waals surface area contributed by atoms with Gasteiger partial charge in [0.1, 0.15) is 18.3 Å². The van der Waals surface area contributed by atoms with Gasteiger partial charge in [-0.05, 0) is 18.4 Å². The van der Waals surface area contributed by atoms with E-state index in [1.54, 1.807) is 0 Å². The number of hydrogen-bond donors (Lipinski definition) is 4. The molecule has 2 aliphatic heterocycles. The molecular weight excluding hydrogens is 539 g/mol. The van der Waals surface area contributed by atoms with Gasteiger partial charge in [-0.1, -0.05) is 42.1 Å². The minimum atomic E-state index is -4.57. The van der Waals surface area contributed by atoms with E-state index in [4.69, 9.17) is 19.5 Å². The van der Waals surface area contributed by atoms with Crippen molar-refractivity contribution in [3.05, 3.63) is 46.2 Å². The molecule has 4 heterocycles. The molecule has 14 nitrogen and oxygen atoms in total. The molecule has 2 fully saturated rings. The van der Waals surface area contributed by atoms with Gasteiger partial charge in [-0.25, -0.2) is 4.98 Å². The Labute approximate surface area is 220 Å². The van der Waals surface area contributed by atoms with Crippen molar-refractivity contribution in [3.8, 4) is 0 Å². The van der Waals surface area contributed by atoms with Crippen molar-refractivity contribution in [3.63, 3.8) is 0 Å². The molecule has 2 aromatic heterocycles. The third-order valence-electron chi connectivity index (χ3n) is 6.11. The monoisotopic (exact) mass is 565 g/mol. The molecule has 1 amide bonds. The van der Waals surface area contributed by atoms with E-state index >= 15 is 0 Å². The van der Waals surface area contributed by atoms with Gasteiger partial charge < -0.3 is 34.8 Å². The highest BCUT2D eigenvalue weighted by Gasteiger charge is 2.51. The number of fused-ring (bicyclic) bond motifs is 2. The number of ether oxygens (including phenoxy) is 1. The molecule has 0 aliphatic carbocycles. The van der Waals surface area contributed by atoms with E-state index in [-0.39, 0.29) is 29.6 Å². The van der Waals surface area contributed by atoms with Crippen LogP contribution >= 0.6 is 19.6 Å². The minimum absolute atomic E-state index is 0.0145. The number of nitrogen functional groups attached to an aromatic ring is 1. The van der Waals surface area contributed by atoms with Crippen LogP contribution in [0.25, 0.3) is 11.2 Å². The zero-order valence-corrected chi connectivity index (χ0v) is 21.7. The number of carbonyl (C=O) groups is 1. The number of aliphatic hydroxyl groups is 1. The SMILES string of the molecule is Nc1nc2c(nc(SCCCCC(=O)NCc3ccccc3)n2[C@@H]2OC3COP(=O)([O-])O[C@H]3C2O)c(=O)[nH]1. The van der Waals surface area contributed by atoms with Crippen molar-refractivity contribution >= 4 is 42.6 Å². The number of aliphatic hydroxyl groups excluding tert-OH is 1. The van der Waals surface area contributed by atoms with Crippen LogP contribution in [0.2, 0.25) is 0 Å². The summed E-state index contributed by atoms with van der Waals surface area (Å²) in [6, 6.07) is 9.62. The van der Waals surface area contributed by atoms with Crippen LogP contribution < -0.4 is 21.5 Å². The minimum Gasteiger partial charge on any atom is -0.756 e. The Morgan fingerprint density at radius 2 is 2.11 bits per heavy atom. The predicted octanol–water partition coefficient (Wildman–Crippen LogP) is 0.423. The number of imidazole rings is 1. The Kier molecular flexibility index (Phi) is 7.86. The van der Waals surface area contributed by atoms with Gasteiger partial charge in [0.25, 0.3) is 13.4 Å². The molecule has 5 N–H and O–H groups in total. The van der Waals surface area contributed by atoms with Crippen LogP contribution in [0.4, 0.5) is 5.95 Å². The number of amides is 1. The zero-order chi connectivity index (χ0) is 26.9. The Hall–Kier alpha value is -2.78. The summed E-state index contributed by atoms with van der Waals surface area (Å²) in [7, 11) is -4.57. The molecule has 16 heteroatoms. The number of phosphoric ester groups is 1. The van der Waals surface area contributed by atoms with Crippen LogP contribution in [0.5, 0.6) is 0 Å². The molecule has 5 rings (SSSR count).